The summed E-state index contributed by atoms with van der Waals surface area (Å²) in [6.45, 7) is 1.90. The van der Waals surface area contributed by atoms with Crippen molar-refractivity contribution in [3.05, 3.63) is 35.9 Å². The van der Waals surface area contributed by atoms with E-state index >= 15 is 0 Å². The van der Waals surface area contributed by atoms with Gasteiger partial charge in [-0.05, 0) is 51.8 Å². The number of aliphatic hydroxyl groups excluding tert-OH is 1. The molecule has 8 nitrogen and oxygen atoms in total. The highest BCUT2D eigenvalue weighted by Gasteiger charge is 2.54. The second-order valence-electron chi connectivity index (χ2n) is 9.23. The lowest BCUT2D eigenvalue weighted by Gasteiger charge is -2.51. The Morgan fingerprint density at radius 3 is 2.47 bits per heavy atom. The lowest BCUT2D eigenvalue weighted by Crippen LogP contribution is -2.55. The van der Waals surface area contributed by atoms with Crippen molar-refractivity contribution < 1.29 is 19.4 Å². The minimum absolute atomic E-state index is 0.0267. The average molecular weight is 447 g/mol. The van der Waals surface area contributed by atoms with Crippen molar-refractivity contribution in [1.29, 1.82) is 0 Å². The van der Waals surface area contributed by atoms with Crippen LogP contribution in [0, 0.1) is 0 Å². The van der Waals surface area contributed by atoms with Gasteiger partial charge in [0.25, 0.3) is 0 Å². The highest BCUT2D eigenvalue weighted by molar-refractivity contribution is 5.86. The first kappa shape index (κ1) is 24.5. The van der Waals surface area contributed by atoms with Gasteiger partial charge in [-0.2, -0.15) is 0 Å². The lowest BCUT2D eigenvalue weighted by atomic mass is 9.68. The molecule has 2 N–H and O–H groups in total. The van der Waals surface area contributed by atoms with E-state index in [9.17, 15) is 9.59 Å². The number of hydrogen-bond donors (Lipinski definition) is 2. The maximum absolute atomic E-state index is 13.3. The van der Waals surface area contributed by atoms with Crippen molar-refractivity contribution in [3.8, 4) is 0 Å². The second-order valence-corrected chi connectivity index (χ2v) is 9.23. The Bertz CT molecular complexity index is 763. The zero-order valence-corrected chi connectivity index (χ0v) is 19.7. The number of carbonyl (C=O) groups is 2. The number of urea groups is 1. The lowest BCUT2D eigenvalue weighted by molar-refractivity contribution is -0.121. The van der Waals surface area contributed by atoms with E-state index in [4.69, 9.17) is 9.84 Å². The number of aliphatic hydroxyl groups is 1. The third-order valence-corrected chi connectivity index (χ3v) is 7.23. The van der Waals surface area contributed by atoms with E-state index in [1.807, 2.05) is 11.0 Å². The number of nitrogens with zero attached hydrogens (tertiary/aromatic N) is 3. The van der Waals surface area contributed by atoms with Crippen LogP contribution in [0.5, 0.6) is 0 Å². The minimum Gasteiger partial charge on any atom is -0.395 e. The van der Waals surface area contributed by atoms with Crippen molar-refractivity contribution >= 4 is 11.9 Å². The van der Waals surface area contributed by atoms with Crippen molar-refractivity contribution in [2.45, 2.75) is 43.2 Å². The summed E-state index contributed by atoms with van der Waals surface area (Å²) in [6.07, 6.45) is 4.43. The molecule has 0 unspecified atom stereocenters. The average Bonchev–Trinajstić information content (AvgIpc) is 3.04. The molecule has 2 fully saturated rings. The van der Waals surface area contributed by atoms with E-state index in [2.05, 4.69) is 48.6 Å². The number of nitrogens with one attached hydrogen (secondary N) is 1. The van der Waals surface area contributed by atoms with Gasteiger partial charge in [-0.3, -0.25) is 9.69 Å². The van der Waals surface area contributed by atoms with Crippen LogP contribution in [0.25, 0.3) is 0 Å². The van der Waals surface area contributed by atoms with Gasteiger partial charge in [0, 0.05) is 38.9 Å². The molecule has 1 aliphatic carbocycles. The molecule has 0 aromatic heterocycles. The third-order valence-electron chi connectivity index (χ3n) is 7.23. The van der Waals surface area contributed by atoms with Crippen LogP contribution in [0.1, 0.15) is 37.7 Å². The molecule has 3 rings (SSSR count). The fraction of sp³-hybridized carbons (Fsp3) is 0.667. The van der Waals surface area contributed by atoms with E-state index in [1.165, 1.54) is 5.56 Å². The zero-order valence-electron chi connectivity index (χ0n) is 19.7. The number of amides is 3. The molecule has 1 spiro atoms. The zero-order chi connectivity index (χ0) is 23.2. The van der Waals surface area contributed by atoms with Crippen LogP contribution in [-0.2, 0) is 15.1 Å². The summed E-state index contributed by atoms with van der Waals surface area (Å²) in [4.78, 5) is 31.6. The van der Waals surface area contributed by atoms with Gasteiger partial charge in [0.15, 0.2) is 0 Å². The van der Waals surface area contributed by atoms with Crippen LogP contribution >= 0.6 is 0 Å². The first-order chi connectivity index (χ1) is 15.4. The van der Waals surface area contributed by atoms with Crippen LogP contribution in [0.4, 0.5) is 4.79 Å². The third kappa shape index (κ3) is 4.92. The molecule has 1 aromatic carbocycles. The van der Waals surface area contributed by atoms with Crippen molar-refractivity contribution in [3.63, 3.8) is 0 Å². The highest BCUT2D eigenvalue weighted by atomic mass is 16.5. The molecule has 1 saturated heterocycles. The second kappa shape index (κ2) is 10.6. The van der Waals surface area contributed by atoms with Gasteiger partial charge in [0.1, 0.15) is 6.54 Å². The predicted octanol–water partition coefficient (Wildman–Crippen LogP) is 1.64. The first-order valence-corrected chi connectivity index (χ1v) is 11.5. The van der Waals surface area contributed by atoms with Gasteiger partial charge in [0.2, 0.25) is 5.91 Å². The van der Waals surface area contributed by atoms with Crippen LogP contribution in [-0.4, -0.2) is 97.9 Å². The molecular weight excluding hydrogens is 408 g/mol. The van der Waals surface area contributed by atoms with Crippen LogP contribution in [0.15, 0.2) is 30.3 Å². The fourth-order valence-corrected chi connectivity index (χ4v) is 5.43. The van der Waals surface area contributed by atoms with Gasteiger partial charge in [-0.15, -0.1) is 0 Å². The number of ether oxygens (including phenoxy) is 1. The molecule has 1 aliphatic heterocycles. The van der Waals surface area contributed by atoms with Crippen LogP contribution in [0.3, 0.4) is 0 Å². The number of carbonyl (C=O) groups excluding carboxylic acids is 2. The molecule has 0 atom stereocenters. The van der Waals surface area contributed by atoms with E-state index in [0.29, 0.717) is 19.7 Å². The Morgan fingerprint density at radius 1 is 1.19 bits per heavy atom. The molecule has 8 heteroatoms. The quantitative estimate of drug-likeness (QED) is 0.534. The van der Waals surface area contributed by atoms with Gasteiger partial charge < -0.3 is 25.0 Å². The predicted molar refractivity (Wildman–Crippen MR) is 123 cm³/mol. The number of benzene rings is 1. The summed E-state index contributed by atoms with van der Waals surface area (Å²) >= 11 is 0. The van der Waals surface area contributed by atoms with Crippen LogP contribution < -0.4 is 5.32 Å². The molecular formula is C24H38N4O4. The summed E-state index contributed by atoms with van der Waals surface area (Å²) in [5.41, 5.74) is 0.992. The largest absolute Gasteiger partial charge is 0.395 e. The summed E-state index contributed by atoms with van der Waals surface area (Å²) in [5, 5.41) is 11.6. The molecule has 1 aromatic rings. The van der Waals surface area contributed by atoms with E-state index in [1.54, 1.807) is 12.0 Å². The normalized spacial score (nSPS) is 25.7. The van der Waals surface area contributed by atoms with E-state index in [0.717, 1.165) is 32.1 Å². The summed E-state index contributed by atoms with van der Waals surface area (Å²) in [7, 11) is 5.95. The minimum atomic E-state index is -0.267. The number of hydrogen-bond acceptors (Lipinski definition) is 5. The Morgan fingerprint density at radius 2 is 1.88 bits per heavy atom. The van der Waals surface area contributed by atoms with Gasteiger partial charge in [0.05, 0.1) is 12.1 Å². The van der Waals surface area contributed by atoms with Crippen molar-refractivity contribution in [2.24, 2.45) is 0 Å². The standard InChI is InChI=1S/C24H38N4O4/c1-26(2)24(20-8-5-4-6-9-20)12-10-23(11-13-24)19-27(18-21(30)25-14-16-29)22(31)28(23)15-7-17-32-3/h4-6,8-9,29H,7,10-19H2,1-3H3,(H,25,30)/t23-,24+. The van der Waals surface area contributed by atoms with E-state index in [-0.39, 0.29) is 42.7 Å². The van der Waals surface area contributed by atoms with Crippen LogP contribution in [0.2, 0.25) is 0 Å². The number of rotatable bonds is 10. The Balaban J connectivity index is 1.80. The van der Waals surface area contributed by atoms with Gasteiger partial charge in [-0.25, -0.2) is 4.79 Å². The molecule has 1 heterocycles. The molecule has 178 valence electrons. The highest BCUT2D eigenvalue weighted by Crippen LogP contribution is 2.48. The SMILES string of the molecule is COCCCN1C(=O)N(CC(=O)NCCO)C[C@]12CC[C@](c1ccccc1)(N(C)C)CC2. The monoisotopic (exact) mass is 446 g/mol. The summed E-state index contributed by atoms with van der Waals surface area (Å²) in [5.74, 6) is -0.232. The first-order valence-electron chi connectivity index (χ1n) is 11.5. The Labute approximate surface area is 191 Å². The number of methoxy groups -OCH3 is 1. The topological polar surface area (TPSA) is 85.3 Å². The van der Waals surface area contributed by atoms with Gasteiger partial charge >= 0.3 is 6.03 Å². The Hall–Kier alpha value is -2.16. The molecule has 32 heavy (non-hydrogen) atoms. The Kier molecular flexibility index (Phi) is 8.14. The maximum atomic E-state index is 13.3. The summed E-state index contributed by atoms with van der Waals surface area (Å²) < 4.78 is 5.22. The summed E-state index contributed by atoms with van der Waals surface area (Å²) in [6, 6.07) is 10.6. The van der Waals surface area contributed by atoms with E-state index < -0.39 is 0 Å². The molecule has 0 bridgehead atoms. The molecule has 1 saturated carbocycles. The van der Waals surface area contributed by atoms with Crippen molar-refractivity contribution in [1.82, 2.24) is 20.0 Å². The maximum Gasteiger partial charge on any atom is 0.321 e. The molecule has 0 radical (unpaired) electrons. The smallest absolute Gasteiger partial charge is 0.321 e. The molecule has 3 amide bonds. The molecule has 2 aliphatic rings. The van der Waals surface area contributed by atoms with Gasteiger partial charge in [-0.1, -0.05) is 30.3 Å². The fourth-order valence-electron chi connectivity index (χ4n) is 5.43. The van der Waals surface area contributed by atoms with Crippen molar-refractivity contribution in [2.75, 3.05) is 60.6 Å².